The molecular weight excluding hydrogens is 159 g/mol. The van der Waals surface area contributed by atoms with Gasteiger partial charge in [0.1, 0.15) is 0 Å². The minimum atomic E-state index is 0. The fourth-order valence-electron chi connectivity index (χ4n) is 0.511. The van der Waals surface area contributed by atoms with Crippen molar-refractivity contribution in [2.45, 2.75) is 0 Å². The van der Waals surface area contributed by atoms with Gasteiger partial charge in [-0.05, 0) is 12.1 Å². The monoisotopic (exact) mass is 167 g/mol. The first-order chi connectivity index (χ1) is 3.80. The zero-order chi connectivity index (χ0) is 5.98. The third-order valence-corrected chi connectivity index (χ3v) is 0.996. The normalized spacial score (nSPS) is 8.00. The zero-order valence-electron chi connectivity index (χ0n) is 4.80. The van der Waals surface area contributed by atoms with E-state index in [-0.39, 0.29) is 16.8 Å². The molecule has 0 aliphatic heterocycles. The molecule has 2 nitrogen and oxygen atoms in total. The van der Waals surface area contributed by atoms with Crippen LogP contribution in [0.5, 0.6) is 0 Å². The summed E-state index contributed by atoms with van der Waals surface area (Å²) in [7, 11) is 0. The Morgan fingerprint density at radius 3 is 1.44 bits per heavy atom. The van der Waals surface area contributed by atoms with Crippen LogP contribution >= 0.6 is 0 Å². The molecule has 0 aliphatic rings. The summed E-state index contributed by atoms with van der Waals surface area (Å²) in [5.74, 6) is 0. The van der Waals surface area contributed by atoms with Crippen LogP contribution in [0.4, 0.5) is 11.4 Å². The van der Waals surface area contributed by atoms with E-state index >= 15 is 0 Å². The number of nitrogens with two attached hydrogens (primary N) is 2. The standard InChI is InChI=1S/C6H8N2.Co/c7-5-3-1-2-4-6(5)8;/h1-4H,7-8H2;. The summed E-state index contributed by atoms with van der Waals surface area (Å²) in [4.78, 5) is 0. The number of rotatable bonds is 0. The van der Waals surface area contributed by atoms with Crippen LogP contribution in [0.15, 0.2) is 24.3 Å². The molecule has 0 spiro atoms. The Morgan fingerprint density at radius 1 is 0.889 bits per heavy atom. The zero-order valence-corrected chi connectivity index (χ0v) is 5.84. The topological polar surface area (TPSA) is 52.0 Å². The summed E-state index contributed by atoms with van der Waals surface area (Å²) < 4.78 is 0. The van der Waals surface area contributed by atoms with E-state index in [1.54, 1.807) is 12.1 Å². The molecule has 4 N–H and O–H groups in total. The molecule has 51 valence electrons. The summed E-state index contributed by atoms with van der Waals surface area (Å²) >= 11 is 0. The van der Waals surface area contributed by atoms with Gasteiger partial charge in [0.15, 0.2) is 0 Å². The van der Waals surface area contributed by atoms with Gasteiger partial charge in [-0.2, -0.15) is 0 Å². The Labute approximate surface area is 64.4 Å². The van der Waals surface area contributed by atoms with Crippen molar-refractivity contribution >= 4 is 11.4 Å². The molecular formula is C6H8CoN2. The van der Waals surface area contributed by atoms with E-state index in [9.17, 15) is 0 Å². The van der Waals surface area contributed by atoms with Crippen LogP contribution in [0, 0.1) is 0 Å². The first kappa shape index (κ1) is 8.33. The average molecular weight is 167 g/mol. The van der Waals surface area contributed by atoms with Gasteiger partial charge in [0.05, 0.1) is 11.4 Å². The van der Waals surface area contributed by atoms with Crippen molar-refractivity contribution in [1.29, 1.82) is 0 Å². The number of anilines is 2. The quantitative estimate of drug-likeness (QED) is 0.562. The smallest absolute Gasteiger partial charge is 0.0547 e. The molecule has 1 rings (SSSR count). The Morgan fingerprint density at radius 2 is 1.22 bits per heavy atom. The van der Waals surface area contributed by atoms with Crippen molar-refractivity contribution in [1.82, 2.24) is 0 Å². The average Bonchev–Trinajstić information content (AvgIpc) is 1.77. The van der Waals surface area contributed by atoms with E-state index < -0.39 is 0 Å². The summed E-state index contributed by atoms with van der Waals surface area (Å²) in [6, 6.07) is 7.25. The first-order valence-corrected chi connectivity index (χ1v) is 2.40. The Hall–Kier alpha value is -0.674. The SMILES string of the molecule is Nc1ccccc1N.[Co]. The maximum absolute atomic E-state index is 5.39. The number of nitrogen functional groups attached to an aromatic ring is 2. The van der Waals surface area contributed by atoms with E-state index in [0.717, 1.165) is 0 Å². The molecule has 0 saturated heterocycles. The molecule has 0 fully saturated rings. The van der Waals surface area contributed by atoms with Crippen molar-refractivity contribution in [3.63, 3.8) is 0 Å². The largest absolute Gasteiger partial charge is 0.397 e. The van der Waals surface area contributed by atoms with Crippen LogP contribution in [0.1, 0.15) is 0 Å². The van der Waals surface area contributed by atoms with Gasteiger partial charge in [0.2, 0.25) is 0 Å². The number of hydrogen-bond donors (Lipinski definition) is 2. The molecule has 0 aliphatic carbocycles. The maximum Gasteiger partial charge on any atom is 0.0547 e. The van der Waals surface area contributed by atoms with Gasteiger partial charge >= 0.3 is 0 Å². The Bertz CT molecular complexity index is 167. The minimum absolute atomic E-state index is 0. The second kappa shape index (κ2) is 3.37. The van der Waals surface area contributed by atoms with Gasteiger partial charge < -0.3 is 11.5 Å². The molecule has 1 radical (unpaired) electrons. The Balaban J connectivity index is 0.000000640. The van der Waals surface area contributed by atoms with Crippen molar-refractivity contribution in [3.05, 3.63) is 24.3 Å². The van der Waals surface area contributed by atoms with Gasteiger partial charge in [-0.25, -0.2) is 0 Å². The predicted molar refractivity (Wildman–Crippen MR) is 35.3 cm³/mol. The van der Waals surface area contributed by atoms with Crippen molar-refractivity contribution in [2.75, 3.05) is 11.5 Å². The predicted octanol–water partition coefficient (Wildman–Crippen LogP) is 0.849. The van der Waals surface area contributed by atoms with Crippen LogP contribution in [-0.4, -0.2) is 0 Å². The first-order valence-electron chi connectivity index (χ1n) is 2.40. The number of benzene rings is 1. The van der Waals surface area contributed by atoms with Crippen LogP contribution in [0.2, 0.25) is 0 Å². The van der Waals surface area contributed by atoms with Crippen molar-refractivity contribution in [3.8, 4) is 0 Å². The summed E-state index contributed by atoms with van der Waals surface area (Å²) in [5, 5.41) is 0. The Kier molecular flexibility index (Phi) is 3.12. The fourth-order valence-corrected chi connectivity index (χ4v) is 0.511. The number of para-hydroxylation sites is 2. The van der Waals surface area contributed by atoms with Crippen molar-refractivity contribution < 1.29 is 16.8 Å². The number of hydrogen-bond acceptors (Lipinski definition) is 2. The third kappa shape index (κ3) is 1.95. The second-order valence-corrected chi connectivity index (χ2v) is 1.63. The molecule has 0 aromatic heterocycles. The van der Waals surface area contributed by atoms with Gasteiger partial charge in [-0.15, -0.1) is 0 Å². The molecule has 1 aromatic carbocycles. The second-order valence-electron chi connectivity index (χ2n) is 1.63. The third-order valence-electron chi connectivity index (χ3n) is 0.996. The molecule has 0 heterocycles. The molecule has 0 bridgehead atoms. The summed E-state index contributed by atoms with van der Waals surface area (Å²) in [6.45, 7) is 0. The van der Waals surface area contributed by atoms with Crippen LogP contribution < -0.4 is 11.5 Å². The maximum atomic E-state index is 5.39. The van der Waals surface area contributed by atoms with Gasteiger partial charge in [0.25, 0.3) is 0 Å². The fraction of sp³-hybridized carbons (Fsp3) is 0. The van der Waals surface area contributed by atoms with Gasteiger partial charge in [-0.1, -0.05) is 12.1 Å². The minimum Gasteiger partial charge on any atom is -0.397 e. The molecule has 0 amide bonds. The molecule has 1 aromatic rings. The molecule has 0 atom stereocenters. The van der Waals surface area contributed by atoms with Gasteiger partial charge in [0, 0.05) is 16.8 Å². The molecule has 0 unspecified atom stereocenters. The van der Waals surface area contributed by atoms with Crippen molar-refractivity contribution in [2.24, 2.45) is 0 Å². The van der Waals surface area contributed by atoms with Crippen LogP contribution in [0.25, 0.3) is 0 Å². The van der Waals surface area contributed by atoms with E-state index in [1.165, 1.54) is 0 Å². The van der Waals surface area contributed by atoms with E-state index in [2.05, 4.69) is 0 Å². The molecule has 3 heteroatoms. The molecule has 9 heavy (non-hydrogen) atoms. The van der Waals surface area contributed by atoms with Crippen LogP contribution in [-0.2, 0) is 16.8 Å². The van der Waals surface area contributed by atoms with E-state index in [4.69, 9.17) is 11.5 Å². The van der Waals surface area contributed by atoms with Gasteiger partial charge in [-0.3, -0.25) is 0 Å². The summed E-state index contributed by atoms with van der Waals surface area (Å²) in [5.41, 5.74) is 12.1. The van der Waals surface area contributed by atoms with E-state index in [0.29, 0.717) is 11.4 Å². The summed E-state index contributed by atoms with van der Waals surface area (Å²) in [6.07, 6.45) is 0. The van der Waals surface area contributed by atoms with E-state index in [1.807, 2.05) is 12.1 Å². The molecule has 0 saturated carbocycles. The van der Waals surface area contributed by atoms with Crippen LogP contribution in [0.3, 0.4) is 0 Å².